The average Bonchev–Trinajstić information content (AvgIpc) is 2.93. The molecule has 3 nitrogen and oxygen atoms in total. The van der Waals surface area contributed by atoms with Crippen molar-refractivity contribution in [3.05, 3.63) is 44.3 Å². The van der Waals surface area contributed by atoms with Gasteiger partial charge in [0, 0.05) is 34.6 Å². The molecule has 0 saturated carbocycles. The molecule has 6 heteroatoms. The van der Waals surface area contributed by atoms with Crippen LogP contribution in [0.25, 0.3) is 0 Å². The summed E-state index contributed by atoms with van der Waals surface area (Å²) in [6.07, 6.45) is 2.71. The molecule has 3 rings (SSSR count). The molecule has 2 aromatic rings. The van der Waals surface area contributed by atoms with E-state index in [1.54, 1.807) is 17.4 Å². The van der Waals surface area contributed by atoms with E-state index in [2.05, 4.69) is 17.2 Å². The first-order valence-electron chi connectivity index (χ1n) is 6.42. The van der Waals surface area contributed by atoms with Crippen LogP contribution >= 0.6 is 34.5 Å². The van der Waals surface area contributed by atoms with Crippen molar-refractivity contribution in [1.29, 1.82) is 0 Å². The Labute approximate surface area is 131 Å². The number of thiazole rings is 1. The molecular formula is C14H14Cl2N2OS. The van der Waals surface area contributed by atoms with Crippen LogP contribution < -0.4 is 10.1 Å². The highest BCUT2D eigenvalue weighted by molar-refractivity contribution is 7.09. The number of nitrogens with zero attached hydrogens (tertiary/aromatic N) is 1. The third-order valence-corrected chi connectivity index (χ3v) is 4.80. The van der Waals surface area contributed by atoms with Crippen LogP contribution in [-0.4, -0.2) is 11.6 Å². The molecule has 0 bridgehead atoms. The minimum atomic E-state index is 0.175. The zero-order valence-corrected chi connectivity index (χ0v) is 13.2. The van der Waals surface area contributed by atoms with Crippen LogP contribution in [0.3, 0.4) is 0 Å². The van der Waals surface area contributed by atoms with E-state index in [-0.39, 0.29) is 12.1 Å². The highest BCUT2D eigenvalue weighted by Crippen LogP contribution is 2.40. The van der Waals surface area contributed by atoms with Crippen LogP contribution in [0, 0.1) is 0 Å². The number of aromatic nitrogens is 1. The van der Waals surface area contributed by atoms with Crippen molar-refractivity contribution < 1.29 is 4.74 Å². The first-order valence-corrected chi connectivity index (χ1v) is 8.06. The second-order valence-electron chi connectivity index (χ2n) is 4.75. The average molecular weight is 329 g/mol. The van der Waals surface area contributed by atoms with Gasteiger partial charge in [0.15, 0.2) is 0 Å². The van der Waals surface area contributed by atoms with Crippen LogP contribution in [0.1, 0.15) is 36.0 Å². The third kappa shape index (κ3) is 2.79. The van der Waals surface area contributed by atoms with Gasteiger partial charge in [-0.2, -0.15) is 0 Å². The fraction of sp³-hybridized carbons (Fsp3) is 0.357. The molecule has 1 aliphatic heterocycles. The molecule has 0 fully saturated rings. The number of fused-ring (bicyclic) bond motifs is 1. The van der Waals surface area contributed by atoms with Crippen molar-refractivity contribution >= 4 is 34.5 Å². The fourth-order valence-corrected chi connectivity index (χ4v) is 3.64. The van der Waals surface area contributed by atoms with Crippen LogP contribution in [-0.2, 0) is 0 Å². The summed E-state index contributed by atoms with van der Waals surface area (Å²) in [5, 5.41) is 7.85. The van der Waals surface area contributed by atoms with Crippen molar-refractivity contribution in [3.8, 4) is 5.75 Å². The van der Waals surface area contributed by atoms with E-state index in [0.29, 0.717) is 16.7 Å². The number of halogens is 2. The molecule has 2 heterocycles. The van der Waals surface area contributed by atoms with Gasteiger partial charge in [-0.25, -0.2) is 4.98 Å². The topological polar surface area (TPSA) is 34.1 Å². The predicted octanol–water partition coefficient (Wildman–Crippen LogP) is 4.62. The minimum Gasteiger partial charge on any atom is -0.492 e. The van der Waals surface area contributed by atoms with Crippen molar-refractivity contribution in [3.63, 3.8) is 0 Å². The monoisotopic (exact) mass is 328 g/mol. The van der Waals surface area contributed by atoms with Crippen LogP contribution in [0.15, 0.2) is 23.7 Å². The van der Waals surface area contributed by atoms with E-state index in [4.69, 9.17) is 27.9 Å². The van der Waals surface area contributed by atoms with Gasteiger partial charge in [0.1, 0.15) is 10.8 Å². The Bertz CT molecular complexity index is 603. The molecular weight excluding hydrogens is 315 g/mol. The van der Waals surface area contributed by atoms with Gasteiger partial charge in [0.25, 0.3) is 0 Å². The van der Waals surface area contributed by atoms with Gasteiger partial charge in [-0.1, -0.05) is 23.2 Å². The molecule has 0 aliphatic carbocycles. The predicted molar refractivity (Wildman–Crippen MR) is 83.0 cm³/mol. The number of rotatable bonds is 3. The quantitative estimate of drug-likeness (QED) is 0.892. The standard InChI is InChI=1S/C14H14Cl2N2OS/c1-8(14-17-3-5-20-14)18-12-2-4-19-13-10(12)6-9(15)7-11(13)16/h3,5-8,12,18H,2,4H2,1H3. The number of benzene rings is 1. The van der Waals surface area contributed by atoms with E-state index < -0.39 is 0 Å². The van der Waals surface area contributed by atoms with E-state index >= 15 is 0 Å². The lowest BCUT2D eigenvalue weighted by atomic mass is 9.99. The van der Waals surface area contributed by atoms with Gasteiger partial charge < -0.3 is 10.1 Å². The highest BCUT2D eigenvalue weighted by Gasteiger charge is 2.26. The Morgan fingerprint density at radius 2 is 2.30 bits per heavy atom. The number of hydrogen-bond acceptors (Lipinski definition) is 4. The Hall–Kier alpha value is -0.810. The molecule has 1 aromatic carbocycles. The van der Waals surface area contributed by atoms with Crippen LogP contribution in [0.2, 0.25) is 10.0 Å². The summed E-state index contributed by atoms with van der Waals surface area (Å²) in [5.74, 6) is 0.742. The lowest BCUT2D eigenvalue weighted by Crippen LogP contribution is -2.29. The van der Waals surface area contributed by atoms with Crippen LogP contribution in [0.4, 0.5) is 0 Å². The SMILES string of the molecule is CC(NC1CCOc2c(Cl)cc(Cl)cc21)c1nccs1. The molecule has 0 radical (unpaired) electrons. The maximum absolute atomic E-state index is 6.20. The smallest absolute Gasteiger partial charge is 0.142 e. The van der Waals surface area contributed by atoms with E-state index in [1.165, 1.54) is 0 Å². The number of ether oxygens (including phenoxy) is 1. The molecule has 106 valence electrons. The van der Waals surface area contributed by atoms with E-state index in [1.807, 2.05) is 17.6 Å². The minimum absolute atomic E-state index is 0.175. The summed E-state index contributed by atoms with van der Waals surface area (Å²) in [4.78, 5) is 4.35. The van der Waals surface area contributed by atoms with E-state index in [9.17, 15) is 0 Å². The Balaban J connectivity index is 1.86. The van der Waals surface area contributed by atoms with Crippen molar-refractivity contribution in [2.45, 2.75) is 25.4 Å². The second kappa shape index (κ2) is 5.90. The summed E-state index contributed by atoms with van der Waals surface area (Å²) in [6.45, 7) is 2.76. The maximum Gasteiger partial charge on any atom is 0.142 e. The Morgan fingerprint density at radius 1 is 1.45 bits per heavy atom. The molecule has 2 unspecified atom stereocenters. The zero-order chi connectivity index (χ0) is 14.1. The Morgan fingerprint density at radius 3 is 3.05 bits per heavy atom. The summed E-state index contributed by atoms with van der Waals surface area (Å²) < 4.78 is 5.67. The maximum atomic E-state index is 6.20. The zero-order valence-electron chi connectivity index (χ0n) is 10.9. The van der Waals surface area contributed by atoms with Gasteiger partial charge >= 0.3 is 0 Å². The van der Waals surface area contributed by atoms with Crippen molar-refractivity contribution in [2.24, 2.45) is 0 Å². The lowest BCUT2D eigenvalue weighted by Gasteiger charge is -2.29. The molecule has 0 amide bonds. The third-order valence-electron chi connectivity index (χ3n) is 3.34. The van der Waals surface area contributed by atoms with Crippen molar-refractivity contribution in [2.75, 3.05) is 6.61 Å². The van der Waals surface area contributed by atoms with Gasteiger partial charge in [-0.15, -0.1) is 11.3 Å². The van der Waals surface area contributed by atoms with Crippen LogP contribution in [0.5, 0.6) is 5.75 Å². The summed E-state index contributed by atoms with van der Waals surface area (Å²) in [6, 6.07) is 4.00. The molecule has 1 aromatic heterocycles. The van der Waals surface area contributed by atoms with Gasteiger partial charge in [0.2, 0.25) is 0 Å². The summed E-state index contributed by atoms with van der Waals surface area (Å²) in [7, 11) is 0. The fourth-order valence-electron chi connectivity index (χ4n) is 2.42. The molecule has 20 heavy (non-hydrogen) atoms. The molecule has 0 spiro atoms. The second-order valence-corrected chi connectivity index (χ2v) is 6.52. The lowest BCUT2D eigenvalue weighted by molar-refractivity contribution is 0.246. The summed E-state index contributed by atoms with van der Waals surface area (Å²) in [5.41, 5.74) is 1.03. The molecule has 2 atom stereocenters. The van der Waals surface area contributed by atoms with Gasteiger partial charge in [-0.3, -0.25) is 0 Å². The van der Waals surface area contributed by atoms with E-state index in [0.717, 1.165) is 22.7 Å². The van der Waals surface area contributed by atoms with Gasteiger partial charge in [-0.05, 0) is 19.1 Å². The number of nitrogens with one attached hydrogen (secondary N) is 1. The Kier molecular flexibility index (Phi) is 4.17. The normalized spacial score (nSPS) is 19.2. The number of hydrogen-bond donors (Lipinski definition) is 1. The highest BCUT2D eigenvalue weighted by atomic mass is 35.5. The van der Waals surface area contributed by atoms with Crippen molar-refractivity contribution in [1.82, 2.24) is 10.3 Å². The molecule has 1 N–H and O–H groups in total. The largest absolute Gasteiger partial charge is 0.492 e. The van der Waals surface area contributed by atoms with Gasteiger partial charge in [0.05, 0.1) is 17.7 Å². The molecule has 0 saturated heterocycles. The summed E-state index contributed by atoms with van der Waals surface area (Å²) >= 11 is 14.0. The first-order chi connectivity index (χ1) is 9.65. The molecule has 1 aliphatic rings. The first kappa shape index (κ1) is 14.1.